The highest BCUT2D eigenvalue weighted by molar-refractivity contribution is 5.23. The van der Waals surface area contributed by atoms with Crippen LogP contribution in [-0.4, -0.2) is 21.0 Å². The number of nitrogens with zero attached hydrogens (tertiary/aromatic N) is 2. The number of rotatable bonds is 1. The summed E-state index contributed by atoms with van der Waals surface area (Å²) in [6, 6.07) is 0.144. The fourth-order valence-corrected chi connectivity index (χ4v) is 3.25. The van der Waals surface area contributed by atoms with E-state index in [1.165, 1.54) is 11.3 Å². The molecular formula is C16H28N2O. The van der Waals surface area contributed by atoms with Crippen LogP contribution in [0.15, 0.2) is 0 Å². The molecule has 0 saturated heterocycles. The van der Waals surface area contributed by atoms with Crippen molar-refractivity contribution in [3.8, 4) is 0 Å². The van der Waals surface area contributed by atoms with E-state index in [0.29, 0.717) is 11.3 Å². The van der Waals surface area contributed by atoms with E-state index in [-0.39, 0.29) is 12.1 Å². The molecule has 3 nitrogen and oxygen atoms in total. The van der Waals surface area contributed by atoms with Crippen molar-refractivity contribution < 1.29 is 5.11 Å². The van der Waals surface area contributed by atoms with Crippen molar-refractivity contribution in [1.82, 2.24) is 9.78 Å². The zero-order valence-corrected chi connectivity index (χ0v) is 13.2. The van der Waals surface area contributed by atoms with Gasteiger partial charge in [0.1, 0.15) is 0 Å². The zero-order valence-electron chi connectivity index (χ0n) is 13.2. The summed E-state index contributed by atoms with van der Waals surface area (Å²) in [7, 11) is 0. The second-order valence-electron chi connectivity index (χ2n) is 7.25. The van der Waals surface area contributed by atoms with Crippen LogP contribution in [0.2, 0.25) is 0 Å². The molecule has 0 aromatic carbocycles. The molecule has 3 unspecified atom stereocenters. The largest absolute Gasteiger partial charge is 0.391 e. The molecule has 1 heterocycles. The highest BCUT2D eigenvalue weighted by atomic mass is 16.3. The molecule has 1 aliphatic carbocycles. The minimum absolute atomic E-state index is 0.144. The molecule has 3 heteroatoms. The summed E-state index contributed by atoms with van der Waals surface area (Å²) in [6.45, 7) is 13.2. The molecule has 2 rings (SSSR count). The highest BCUT2D eigenvalue weighted by Crippen LogP contribution is 2.42. The van der Waals surface area contributed by atoms with Gasteiger partial charge in [0.25, 0.3) is 0 Å². The lowest BCUT2D eigenvalue weighted by molar-refractivity contribution is 0.0196. The number of hydrogen-bond acceptors (Lipinski definition) is 2. The first-order valence-electron chi connectivity index (χ1n) is 7.42. The molecule has 3 atom stereocenters. The molecule has 0 amide bonds. The Morgan fingerprint density at radius 2 is 1.79 bits per heavy atom. The minimum atomic E-state index is -0.254. The van der Waals surface area contributed by atoms with Gasteiger partial charge in [-0.3, -0.25) is 4.68 Å². The van der Waals surface area contributed by atoms with Gasteiger partial charge in [-0.05, 0) is 56.9 Å². The molecule has 0 aliphatic heterocycles. The van der Waals surface area contributed by atoms with Crippen molar-refractivity contribution in [3.05, 3.63) is 17.0 Å². The Balaban J connectivity index is 2.29. The normalized spacial score (nSPS) is 28.7. The van der Waals surface area contributed by atoms with Crippen molar-refractivity contribution >= 4 is 0 Å². The number of aliphatic hydroxyl groups is 1. The molecule has 1 saturated carbocycles. The van der Waals surface area contributed by atoms with Crippen LogP contribution in [0.3, 0.4) is 0 Å². The summed E-state index contributed by atoms with van der Waals surface area (Å²) in [5, 5.41) is 15.0. The molecule has 1 fully saturated rings. The second kappa shape index (κ2) is 4.93. The first-order chi connectivity index (χ1) is 8.71. The summed E-state index contributed by atoms with van der Waals surface area (Å²) in [5.74, 6) is 0.658. The van der Waals surface area contributed by atoms with Crippen molar-refractivity contribution in [3.63, 3.8) is 0 Å². The van der Waals surface area contributed by atoms with Crippen molar-refractivity contribution in [2.45, 2.75) is 73.0 Å². The van der Waals surface area contributed by atoms with E-state index in [1.54, 1.807) is 0 Å². The molecule has 0 spiro atoms. The highest BCUT2D eigenvalue weighted by Gasteiger charge is 2.37. The zero-order chi connectivity index (χ0) is 14.4. The molecular weight excluding hydrogens is 236 g/mol. The quantitative estimate of drug-likeness (QED) is 0.842. The fourth-order valence-electron chi connectivity index (χ4n) is 3.25. The lowest BCUT2D eigenvalue weighted by Crippen LogP contribution is -2.37. The van der Waals surface area contributed by atoms with Crippen LogP contribution >= 0.6 is 0 Å². The molecule has 0 radical (unpaired) electrons. The average Bonchev–Trinajstić information content (AvgIpc) is 2.56. The van der Waals surface area contributed by atoms with E-state index in [4.69, 9.17) is 0 Å². The maximum Gasteiger partial charge on any atom is 0.0784 e. The van der Waals surface area contributed by atoms with Gasteiger partial charge >= 0.3 is 0 Å². The second-order valence-corrected chi connectivity index (χ2v) is 7.25. The van der Waals surface area contributed by atoms with Crippen molar-refractivity contribution in [2.75, 3.05) is 0 Å². The Bertz CT molecular complexity index is 456. The van der Waals surface area contributed by atoms with Crippen LogP contribution in [0, 0.1) is 32.1 Å². The van der Waals surface area contributed by atoms with Crippen LogP contribution in [-0.2, 0) is 0 Å². The van der Waals surface area contributed by atoms with Crippen molar-refractivity contribution in [2.24, 2.45) is 11.3 Å². The Kier molecular flexibility index (Phi) is 3.78. The van der Waals surface area contributed by atoms with E-state index in [2.05, 4.69) is 51.3 Å². The Morgan fingerprint density at radius 1 is 1.16 bits per heavy atom. The van der Waals surface area contributed by atoms with E-state index in [9.17, 15) is 5.11 Å². The van der Waals surface area contributed by atoms with Gasteiger partial charge in [-0.15, -0.1) is 0 Å². The topological polar surface area (TPSA) is 38.0 Å². The smallest absolute Gasteiger partial charge is 0.0784 e. The van der Waals surface area contributed by atoms with Crippen LogP contribution in [0.1, 0.15) is 63.0 Å². The van der Waals surface area contributed by atoms with E-state index < -0.39 is 0 Å². The summed E-state index contributed by atoms with van der Waals surface area (Å²) >= 11 is 0. The standard InChI is InChI=1S/C16H28N2O/c1-10-11(2)17-18(12(10)3)14-9-13(16(4,5)6)7-8-15(14)19/h13-15,19H,7-9H2,1-6H3. The summed E-state index contributed by atoms with van der Waals surface area (Å²) in [6.07, 6.45) is 2.80. The summed E-state index contributed by atoms with van der Waals surface area (Å²) in [5.41, 5.74) is 3.85. The number of aromatic nitrogens is 2. The first kappa shape index (κ1) is 14.6. The van der Waals surface area contributed by atoms with Gasteiger partial charge in [0.15, 0.2) is 0 Å². The van der Waals surface area contributed by atoms with E-state index >= 15 is 0 Å². The van der Waals surface area contributed by atoms with Crippen LogP contribution in [0.5, 0.6) is 0 Å². The Morgan fingerprint density at radius 3 is 2.26 bits per heavy atom. The molecule has 1 aromatic heterocycles. The fraction of sp³-hybridized carbons (Fsp3) is 0.812. The third-order valence-corrected chi connectivity index (χ3v) is 5.01. The van der Waals surface area contributed by atoms with Gasteiger partial charge in [0, 0.05) is 5.69 Å². The monoisotopic (exact) mass is 264 g/mol. The molecule has 1 aromatic rings. The molecule has 1 aliphatic rings. The molecule has 1 N–H and O–H groups in total. The first-order valence-corrected chi connectivity index (χ1v) is 7.42. The molecule has 108 valence electrons. The summed E-state index contributed by atoms with van der Waals surface area (Å²) < 4.78 is 2.08. The van der Waals surface area contributed by atoms with Gasteiger partial charge < -0.3 is 5.11 Å². The predicted octanol–water partition coefficient (Wildman–Crippen LogP) is 3.56. The van der Waals surface area contributed by atoms with Gasteiger partial charge in [0.05, 0.1) is 17.8 Å². The van der Waals surface area contributed by atoms with E-state index in [1.807, 2.05) is 0 Å². The van der Waals surface area contributed by atoms with Gasteiger partial charge in [0.2, 0.25) is 0 Å². The van der Waals surface area contributed by atoms with Gasteiger partial charge in [-0.2, -0.15) is 5.10 Å². The maximum absolute atomic E-state index is 10.4. The predicted molar refractivity (Wildman–Crippen MR) is 78.3 cm³/mol. The van der Waals surface area contributed by atoms with Crippen LogP contribution in [0.25, 0.3) is 0 Å². The summed E-state index contributed by atoms with van der Waals surface area (Å²) in [4.78, 5) is 0. The van der Waals surface area contributed by atoms with Gasteiger partial charge in [-0.1, -0.05) is 20.8 Å². The minimum Gasteiger partial charge on any atom is -0.391 e. The lowest BCUT2D eigenvalue weighted by Gasteiger charge is -2.40. The third-order valence-electron chi connectivity index (χ3n) is 5.01. The lowest BCUT2D eigenvalue weighted by atomic mass is 9.70. The van der Waals surface area contributed by atoms with Crippen LogP contribution in [0.4, 0.5) is 0 Å². The molecule has 19 heavy (non-hydrogen) atoms. The Labute approximate surface area is 117 Å². The average molecular weight is 264 g/mol. The number of hydrogen-bond donors (Lipinski definition) is 1. The maximum atomic E-state index is 10.4. The SMILES string of the molecule is Cc1nn(C2CC(C(C)(C)C)CCC2O)c(C)c1C. The van der Waals surface area contributed by atoms with Crippen LogP contribution < -0.4 is 0 Å². The van der Waals surface area contributed by atoms with E-state index in [0.717, 1.165) is 25.0 Å². The molecule has 0 bridgehead atoms. The number of aliphatic hydroxyl groups excluding tert-OH is 1. The number of aryl methyl sites for hydroxylation is 1. The van der Waals surface area contributed by atoms with Crippen molar-refractivity contribution in [1.29, 1.82) is 0 Å². The third kappa shape index (κ3) is 2.71. The van der Waals surface area contributed by atoms with Gasteiger partial charge in [-0.25, -0.2) is 0 Å². The Hall–Kier alpha value is -0.830.